The number of nitrogens with one attached hydrogen (secondary N) is 1. The summed E-state index contributed by atoms with van der Waals surface area (Å²) >= 11 is 0. The van der Waals surface area contributed by atoms with Gasteiger partial charge in [-0.25, -0.2) is 0 Å². The fourth-order valence-corrected chi connectivity index (χ4v) is 3.95. The van der Waals surface area contributed by atoms with Crippen LogP contribution >= 0.6 is 0 Å². The first kappa shape index (κ1) is 15.3. The van der Waals surface area contributed by atoms with E-state index in [1.165, 1.54) is 0 Å². The molecule has 1 aromatic rings. The van der Waals surface area contributed by atoms with Gasteiger partial charge in [-0.1, -0.05) is 25.1 Å². The highest BCUT2D eigenvalue weighted by atomic mass is 16.5. The van der Waals surface area contributed by atoms with E-state index in [-0.39, 0.29) is 5.91 Å². The molecule has 1 N–H and O–H groups in total. The number of amides is 1. The number of benzene rings is 1. The zero-order valence-electron chi connectivity index (χ0n) is 13.4. The Balaban J connectivity index is 1.52. The number of carbonyl (C=O) groups excluding carboxylic acids is 1. The van der Waals surface area contributed by atoms with Crippen molar-refractivity contribution in [2.24, 2.45) is 11.8 Å². The zero-order valence-corrected chi connectivity index (χ0v) is 13.4. The fourth-order valence-electron chi connectivity index (χ4n) is 3.95. The van der Waals surface area contributed by atoms with Crippen LogP contribution in [0.15, 0.2) is 24.3 Å². The Morgan fingerprint density at radius 1 is 1.41 bits per heavy atom. The van der Waals surface area contributed by atoms with Crippen LogP contribution in [-0.2, 0) is 16.0 Å². The van der Waals surface area contributed by atoms with Gasteiger partial charge in [-0.2, -0.15) is 0 Å². The molecular formula is C18H25NO3. The molecule has 120 valence electrons. The maximum Gasteiger partial charge on any atom is 0.220 e. The van der Waals surface area contributed by atoms with Crippen LogP contribution in [0.4, 0.5) is 0 Å². The zero-order chi connectivity index (χ0) is 15.5. The van der Waals surface area contributed by atoms with Gasteiger partial charge in [-0.15, -0.1) is 0 Å². The smallest absolute Gasteiger partial charge is 0.220 e. The summed E-state index contributed by atoms with van der Waals surface area (Å²) in [5.74, 6) is 2.01. The molecule has 0 unspecified atom stereocenters. The van der Waals surface area contributed by atoms with Crippen molar-refractivity contribution in [3.8, 4) is 5.75 Å². The predicted molar refractivity (Wildman–Crippen MR) is 84.9 cm³/mol. The van der Waals surface area contributed by atoms with Gasteiger partial charge in [0, 0.05) is 30.9 Å². The quantitative estimate of drug-likeness (QED) is 0.878. The Bertz CT molecular complexity index is 531. The minimum atomic E-state index is 0.139. The van der Waals surface area contributed by atoms with Crippen molar-refractivity contribution < 1.29 is 14.3 Å². The van der Waals surface area contributed by atoms with Gasteiger partial charge in [0.25, 0.3) is 0 Å². The number of hydrogen-bond acceptors (Lipinski definition) is 3. The highest BCUT2D eigenvalue weighted by Gasteiger charge is 2.53. The van der Waals surface area contributed by atoms with Gasteiger partial charge in [-0.3, -0.25) is 4.79 Å². The van der Waals surface area contributed by atoms with Crippen LogP contribution in [0.25, 0.3) is 0 Å². The van der Waals surface area contributed by atoms with Gasteiger partial charge < -0.3 is 14.8 Å². The minimum absolute atomic E-state index is 0.139. The van der Waals surface area contributed by atoms with E-state index in [1.54, 1.807) is 7.11 Å². The maximum absolute atomic E-state index is 12.3. The standard InChI is InChI=1S/C18H25NO3/c1-3-13-17(14-10-11-22-18(13)14)19-16(20)9-8-12-6-4-5-7-15(12)21-2/h4-7,13-14,17-18H,3,8-11H2,1-2H3,(H,19,20)/t13-,14+,17-,18-/m1/s1. The summed E-state index contributed by atoms with van der Waals surface area (Å²) in [4.78, 5) is 12.3. The number of hydrogen-bond donors (Lipinski definition) is 1. The summed E-state index contributed by atoms with van der Waals surface area (Å²) in [6.07, 6.45) is 3.75. The molecule has 1 aliphatic heterocycles. The molecule has 0 aromatic heterocycles. The van der Waals surface area contributed by atoms with Crippen molar-refractivity contribution >= 4 is 5.91 Å². The first-order valence-corrected chi connectivity index (χ1v) is 8.27. The van der Waals surface area contributed by atoms with Crippen LogP contribution < -0.4 is 10.1 Å². The van der Waals surface area contributed by atoms with E-state index in [2.05, 4.69) is 12.2 Å². The Labute approximate surface area is 132 Å². The molecule has 1 aliphatic carbocycles. The maximum atomic E-state index is 12.3. The van der Waals surface area contributed by atoms with Crippen molar-refractivity contribution in [3.63, 3.8) is 0 Å². The number of fused-ring (bicyclic) bond motifs is 1. The Morgan fingerprint density at radius 2 is 2.23 bits per heavy atom. The van der Waals surface area contributed by atoms with Crippen molar-refractivity contribution in [2.75, 3.05) is 13.7 Å². The minimum Gasteiger partial charge on any atom is -0.496 e. The molecule has 1 aromatic carbocycles. The molecule has 0 bridgehead atoms. The number of para-hydroxylation sites is 1. The molecule has 2 aliphatic rings. The summed E-state index contributed by atoms with van der Waals surface area (Å²) in [5, 5.41) is 3.24. The highest BCUT2D eigenvalue weighted by molar-refractivity contribution is 5.77. The van der Waals surface area contributed by atoms with Crippen molar-refractivity contribution in [2.45, 2.75) is 44.8 Å². The van der Waals surface area contributed by atoms with Crippen LogP contribution in [0, 0.1) is 11.8 Å². The van der Waals surface area contributed by atoms with Gasteiger partial charge in [0.05, 0.1) is 13.2 Å². The summed E-state index contributed by atoms with van der Waals surface area (Å²) in [6.45, 7) is 3.02. The number of methoxy groups -OCH3 is 1. The lowest BCUT2D eigenvalue weighted by Crippen LogP contribution is -2.61. The van der Waals surface area contributed by atoms with Crippen LogP contribution in [0.5, 0.6) is 5.75 Å². The van der Waals surface area contributed by atoms with Gasteiger partial charge in [0.15, 0.2) is 0 Å². The van der Waals surface area contributed by atoms with Crippen LogP contribution in [0.3, 0.4) is 0 Å². The number of aryl methyl sites for hydroxylation is 1. The lowest BCUT2D eigenvalue weighted by molar-refractivity contribution is -0.127. The van der Waals surface area contributed by atoms with Crippen molar-refractivity contribution in [1.29, 1.82) is 0 Å². The van der Waals surface area contributed by atoms with Crippen LogP contribution in [-0.4, -0.2) is 31.8 Å². The van der Waals surface area contributed by atoms with Gasteiger partial charge in [-0.05, 0) is 30.9 Å². The van der Waals surface area contributed by atoms with E-state index >= 15 is 0 Å². The topological polar surface area (TPSA) is 47.6 Å². The summed E-state index contributed by atoms with van der Waals surface area (Å²) in [7, 11) is 1.67. The second-order valence-electron chi connectivity index (χ2n) is 6.27. The average Bonchev–Trinajstić information content (AvgIpc) is 2.95. The van der Waals surface area contributed by atoms with Crippen LogP contribution in [0.2, 0.25) is 0 Å². The third-order valence-corrected chi connectivity index (χ3v) is 5.14. The molecular weight excluding hydrogens is 278 g/mol. The van der Waals surface area contributed by atoms with Gasteiger partial charge in [0.1, 0.15) is 5.75 Å². The van der Waals surface area contributed by atoms with E-state index in [0.717, 1.165) is 30.8 Å². The lowest BCUT2D eigenvalue weighted by atomic mass is 9.65. The Kier molecular flexibility index (Phi) is 4.67. The molecule has 3 rings (SSSR count). The molecule has 1 saturated heterocycles. The number of ether oxygens (including phenoxy) is 2. The monoisotopic (exact) mass is 303 g/mol. The Hall–Kier alpha value is -1.55. The molecule has 2 fully saturated rings. The Morgan fingerprint density at radius 3 is 3.00 bits per heavy atom. The van der Waals surface area contributed by atoms with Gasteiger partial charge in [0.2, 0.25) is 5.91 Å². The first-order valence-electron chi connectivity index (χ1n) is 8.27. The predicted octanol–water partition coefficient (Wildman–Crippen LogP) is 2.56. The fraction of sp³-hybridized carbons (Fsp3) is 0.611. The van der Waals surface area contributed by atoms with E-state index in [1.807, 2.05) is 24.3 Å². The van der Waals surface area contributed by atoms with E-state index in [0.29, 0.717) is 36.8 Å². The molecule has 4 heteroatoms. The van der Waals surface area contributed by atoms with E-state index in [9.17, 15) is 4.79 Å². The molecule has 1 saturated carbocycles. The SMILES string of the molecule is CC[C@@H]1[C@@H](NC(=O)CCc2ccccc2OC)[C@@H]2CCO[C@H]12. The second kappa shape index (κ2) is 6.69. The third kappa shape index (κ3) is 2.84. The lowest BCUT2D eigenvalue weighted by Gasteiger charge is -2.47. The molecule has 22 heavy (non-hydrogen) atoms. The summed E-state index contributed by atoms with van der Waals surface area (Å²) < 4.78 is 11.1. The third-order valence-electron chi connectivity index (χ3n) is 5.14. The molecule has 1 amide bonds. The average molecular weight is 303 g/mol. The van der Waals surface area contributed by atoms with Gasteiger partial charge >= 0.3 is 0 Å². The molecule has 0 spiro atoms. The van der Waals surface area contributed by atoms with E-state index in [4.69, 9.17) is 9.47 Å². The molecule has 0 radical (unpaired) electrons. The highest BCUT2D eigenvalue weighted by Crippen LogP contribution is 2.45. The molecule has 1 heterocycles. The summed E-state index contributed by atoms with van der Waals surface area (Å²) in [5.41, 5.74) is 1.09. The van der Waals surface area contributed by atoms with Crippen molar-refractivity contribution in [1.82, 2.24) is 5.32 Å². The van der Waals surface area contributed by atoms with E-state index < -0.39 is 0 Å². The number of rotatable bonds is 6. The first-order chi connectivity index (χ1) is 10.7. The number of carbonyl (C=O) groups is 1. The summed E-state index contributed by atoms with van der Waals surface area (Å²) in [6, 6.07) is 8.19. The van der Waals surface area contributed by atoms with Crippen molar-refractivity contribution in [3.05, 3.63) is 29.8 Å². The largest absolute Gasteiger partial charge is 0.496 e. The molecule has 4 atom stereocenters. The normalized spacial score (nSPS) is 29.5. The molecule has 4 nitrogen and oxygen atoms in total. The second-order valence-corrected chi connectivity index (χ2v) is 6.27. The van der Waals surface area contributed by atoms with Crippen LogP contribution in [0.1, 0.15) is 31.7 Å².